The number of hydrogen-bond acceptors (Lipinski definition) is 7. The average Bonchev–Trinajstić information content (AvgIpc) is 2.91. The van der Waals surface area contributed by atoms with Crippen LogP contribution in [0.2, 0.25) is 0 Å². The maximum Gasteiger partial charge on any atom is 0.342 e. The smallest absolute Gasteiger partial charge is 0.342 e. The summed E-state index contributed by atoms with van der Waals surface area (Å²) in [6.45, 7) is 7.39. The van der Waals surface area contributed by atoms with Gasteiger partial charge in [0.05, 0.1) is 19.3 Å². The van der Waals surface area contributed by atoms with Crippen molar-refractivity contribution in [3.63, 3.8) is 0 Å². The molecule has 0 aromatic heterocycles. The SMILES string of the molecule is COc1cc(C)c(C(=O)OCC2=CC3CC(C)(C)[C@H](O)[C@@H]3[C@@]3(C)C[C@@H](O)[C@@]23O)c(O)c1. The van der Waals surface area contributed by atoms with E-state index in [1.165, 1.54) is 13.2 Å². The molecular formula is C24H32O7. The Balaban J connectivity index is 1.62. The highest BCUT2D eigenvalue weighted by Crippen LogP contribution is 2.68. The zero-order chi connectivity index (χ0) is 22.9. The molecule has 3 aliphatic carbocycles. The maximum atomic E-state index is 12.7. The van der Waals surface area contributed by atoms with Crippen molar-refractivity contribution in [2.24, 2.45) is 22.7 Å². The largest absolute Gasteiger partial charge is 0.507 e. The van der Waals surface area contributed by atoms with Gasteiger partial charge in [0, 0.05) is 17.4 Å². The molecule has 2 saturated carbocycles. The number of carbonyl (C=O) groups excluding carboxylic acids is 1. The number of fused-ring (bicyclic) bond motifs is 3. The summed E-state index contributed by atoms with van der Waals surface area (Å²) in [5.74, 6) is -0.688. The van der Waals surface area contributed by atoms with Crippen molar-refractivity contribution in [3.05, 3.63) is 34.9 Å². The molecule has 3 aliphatic rings. The van der Waals surface area contributed by atoms with Gasteiger partial charge in [-0.25, -0.2) is 4.79 Å². The van der Waals surface area contributed by atoms with E-state index in [0.717, 1.165) is 6.42 Å². The second-order valence-corrected chi connectivity index (χ2v) is 10.3. The molecule has 4 N–H and O–H groups in total. The first-order valence-electron chi connectivity index (χ1n) is 10.7. The third-order valence-corrected chi connectivity index (χ3v) is 8.06. The standard InChI is InChI=1S/C24H32O7/c1-12-6-15(30-5)8-16(25)18(12)21(28)31-11-14-7-13-9-22(2,3)20(27)19(13)23(4)10-17(26)24(14,23)29/h6-8,13,17,19-20,25-27,29H,9-11H2,1-5H3/t13?,17-,19-,20-,23-,24+/m1/s1. The molecule has 0 saturated heterocycles. The van der Waals surface area contributed by atoms with Gasteiger partial charge in [0.2, 0.25) is 0 Å². The Hall–Kier alpha value is -2.09. The number of aromatic hydroxyl groups is 1. The van der Waals surface area contributed by atoms with Crippen LogP contribution in [0, 0.1) is 29.6 Å². The number of hydrogen-bond donors (Lipinski definition) is 4. The van der Waals surface area contributed by atoms with Crippen LogP contribution < -0.4 is 4.74 Å². The number of aryl methyl sites for hydroxylation is 1. The summed E-state index contributed by atoms with van der Waals surface area (Å²) in [5, 5.41) is 43.3. The van der Waals surface area contributed by atoms with Crippen molar-refractivity contribution >= 4 is 5.97 Å². The Bertz CT molecular complexity index is 928. The lowest BCUT2D eigenvalue weighted by molar-refractivity contribution is -0.261. The van der Waals surface area contributed by atoms with Gasteiger partial charge in [-0.1, -0.05) is 26.8 Å². The minimum atomic E-state index is -1.56. The van der Waals surface area contributed by atoms with Crippen LogP contribution in [0.3, 0.4) is 0 Å². The third kappa shape index (κ3) is 2.93. The highest BCUT2D eigenvalue weighted by Gasteiger charge is 2.73. The van der Waals surface area contributed by atoms with Crippen LogP contribution in [0.4, 0.5) is 0 Å². The number of carbonyl (C=O) groups is 1. The van der Waals surface area contributed by atoms with Gasteiger partial charge in [-0.05, 0) is 48.3 Å². The van der Waals surface area contributed by atoms with Gasteiger partial charge in [0.1, 0.15) is 29.3 Å². The first-order valence-corrected chi connectivity index (χ1v) is 10.7. The van der Waals surface area contributed by atoms with Crippen LogP contribution >= 0.6 is 0 Å². The van der Waals surface area contributed by atoms with E-state index in [9.17, 15) is 25.2 Å². The molecule has 170 valence electrons. The van der Waals surface area contributed by atoms with Crippen molar-refractivity contribution in [2.75, 3.05) is 13.7 Å². The lowest BCUT2D eigenvalue weighted by Gasteiger charge is -2.65. The molecule has 0 bridgehead atoms. The molecule has 2 fully saturated rings. The number of rotatable bonds is 4. The van der Waals surface area contributed by atoms with Crippen LogP contribution in [0.15, 0.2) is 23.8 Å². The van der Waals surface area contributed by atoms with Gasteiger partial charge in [-0.15, -0.1) is 0 Å². The first kappa shape index (κ1) is 22.1. The fourth-order valence-corrected chi connectivity index (χ4v) is 6.36. The number of allylic oxidation sites excluding steroid dienone is 1. The molecule has 0 spiro atoms. The zero-order valence-corrected chi connectivity index (χ0v) is 18.7. The summed E-state index contributed by atoms with van der Waals surface area (Å²) in [4.78, 5) is 12.7. The van der Waals surface area contributed by atoms with Crippen molar-refractivity contribution < 1.29 is 34.7 Å². The highest BCUT2D eigenvalue weighted by molar-refractivity contribution is 5.94. The average molecular weight is 433 g/mol. The van der Waals surface area contributed by atoms with Crippen molar-refractivity contribution in [1.29, 1.82) is 0 Å². The van der Waals surface area contributed by atoms with E-state index >= 15 is 0 Å². The fourth-order valence-electron chi connectivity index (χ4n) is 6.36. The normalized spacial score (nSPS) is 37.9. The Kier molecular flexibility index (Phi) is 4.96. The molecule has 1 unspecified atom stereocenters. The Labute approximate surface area is 182 Å². The van der Waals surface area contributed by atoms with Crippen LogP contribution in [-0.2, 0) is 4.74 Å². The van der Waals surface area contributed by atoms with E-state index in [0.29, 0.717) is 23.3 Å². The molecule has 0 aliphatic heterocycles. The molecule has 0 radical (unpaired) electrons. The second-order valence-electron chi connectivity index (χ2n) is 10.3. The van der Waals surface area contributed by atoms with Gasteiger partial charge in [0.25, 0.3) is 0 Å². The van der Waals surface area contributed by atoms with E-state index in [4.69, 9.17) is 9.47 Å². The highest BCUT2D eigenvalue weighted by atomic mass is 16.5. The lowest BCUT2D eigenvalue weighted by Crippen LogP contribution is -2.73. The number of phenols is 1. The Morgan fingerprint density at radius 1 is 1.19 bits per heavy atom. The van der Waals surface area contributed by atoms with Crippen molar-refractivity contribution in [1.82, 2.24) is 0 Å². The molecular weight excluding hydrogens is 400 g/mol. The predicted molar refractivity (Wildman–Crippen MR) is 113 cm³/mol. The Morgan fingerprint density at radius 2 is 1.87 bits per heavy atom. The number of ether oxygens (including phenoxy) is 2. The molecule has 4 rings (SSSR count). The van der Waals surface area contributed by atoms with Gasteiger partial charge in [-0.2, -0.15) is 0 Å². The van der Waals surface area contributed by atoms with Crippen molar-refractivity contribution in [2.45, 2.75) is 58.3 Å². The van der Waals surface area contributed by atoms with E-state index in [2.05, 4.69) is 0 Å². The minimum Gasteiger partial charge on any atom is -0.507 e. The summed E-state index contributed by atoms with van der Waals surface area (Å²) in [6.07, 6.45) is 1.41. The van der Waals surface area contributed by atoms with Gasteiger partial charge < -0.3 is 29.9 Å². The summed E-state index contributed by atoms with van der Waals surface area (Å²) >= 11 is 0. The van der Waals surface area contributed by atoms with E-state index in [-0.39, 0.29) is 35.2 Å². The van der Waals surface area contributed by atoms with Gasteiger partial charge in [0.15, 0.2) is 0 Å². The predicted octanol–water partition coefficient (Wildman–Crippen LogP) is 2.33. The molecule has 1 aromatic carbocycles. The Morgan fingerprint density at radius 3 is 2.45 bits per heavy atom. The van der Waals surface area contributed by atoms with Gasteiger partial charge in [-0.3, -0.25) is 0 Å². The van der Waals surface area contributed by atoms with Crippen LogP contribution in [0.25, 0.3) is 0 Å². The molecule has 6 atom stereocenters. The van der Waals surface area contributed by atoms with E-state index < -0.39 is 29.2 Å². The second kappa shape index (κ2) is 6.95. The van der Waals surface area contributed by atoms with Crippen LogP contribution in [0.5, 0.6) is 11.5 Å². The van der Waals surface area contributed by atoms with Gasteiger partial charge >= 0.3 is 5.97 Å². The molecule has 0 amide bonds. The molecule has 1 aromatic rings. The number of benzene rings is 1. The van der Waals surface area contributed by atoms with Crippen LogP contribution in [0.1, 0.15) is 49.5 Å². The first-order chi connectivity index (χ1) is 14.4. The van der Waals surface area contributed by atoms with E-state index in [1.807, 2.05) is 26.8 Å². The zero-order valence-electron chi connectivity index (χ0n) is 18.7. The van der Waals surface area contributed by atoms with Crippen molar-refractivity contribution in [3.8, 4) is 11.5 Å². The lowest BCUT2D eigenvalue weighted by atomic mass is 9.44. The number of aliphatic hydroxyl groups is 3. The number of methoxy groups -OCH3 is 1. The molecule has 31 heavy (non-hydrogen) atoms. The number of phenolic OH excluding ortho intramolecular Hbond substituents is 1. The van der Waals surface area contributed by atoms with Crippen LogP contribution in [-0.4, -0.2) is 57.9 Å². The quantitative estimate of drug-likeness (QED) is 0.426. The number of esters is 1. The third-order valence-electron chi connectivity index (χ3n) is 8.06. The maximum absolute atomic E-state index is 12.7. The summed E-state index contributed by atoms with van der Waals surface area (Å²) in [6, 6.07) is 2.97. The monoisotopic (exact) mass is 432 g/mol. The molecule has 7 nitrogen and oxygen atoms in total. The van der Waals surface area contributed by atoms with E-state index in [1.54, 1.807) is 13.0 Å². The molecule has 7 heteroatoms. The molecule has 0 heterocycles. The summed E-state index contributed by atoms with van der Waals surface area (Å²) < 4.78 is 10.6. The fraction of sp³-hybridized carbons (Fsp3) is 0.625. The summed E-state index contributed by atoms with van der Waals surface area (Å²) in [7, 11) is 1.47. The minimum absolute atomic E-state index is 0.0209. The topological polar surface area (TPSA) is 116 Å². The summed E-state index contributed by atoms with van der Waals surface area (Å²) in [5.41, 5.74) is -1.58. The number of aliphatic hydroxyl groups excluding tert-OH is 2.